The molecule has 0 N–H and O–H groups in total. The highest BCUT2D eigenvalue weighted by Gasteiger charge is 2.37. The summed E-state index contributed by atoms with van der Waals surface area (Å²) < 4.78 is 6.24. The number of hydrogen-bond donors (Lipinski definition) is 0. The number of ketones is 1. The van der Waals surface area contributed by atoms with Gasteiger partial charge in [-0.3, -0.25) is 4.79 Å². The van der Waals surface area contributed by atoms with Gasteiger partial charge in [-0.15, -0.1) is 0 Å². The van der Waals surface area contributed by atoms with E-state index in [0.717, 1.165) is 38.7 Å². The van der Waals surface area contributed by atoms with E-state index in [9.17, 15) is 4.79 Å². The minimum absolute atomic E-state index is 0.229. The van der Waals surface area contributed by atoms with E-state index in [4.69, 9.17) is 4.74 Å². The molecule has 1 saturated carbocycles. The summed E-state index contributed by atoms with van der Waals surface area (Å²) in [5.74, 6) is 0.380. The monoisotopic (exact) mass is 274 g/mol. The molecule has 2 rings (SSSR count). The highest BCUT2D eigenvalue weighted by Crippen LogP contribution is 2.40. The zero-order valence-electron chi connectivity index (χ0n) is 12.8. The van der Waals surface area contributed by atoms with Gasteiger partial charge >= 0.3 is 0 Å². The third kappa shape index (κ3) is 3.49. The van der Waals surface area contributed by atoms with Gasteiger partial charge < -0.3 is 4.74 Å². The Labute approximate surface area is 122 Å². The van der Waals surface area contributed by atoms with Gasteiger partial charge in [0.15, 0.2) is 0 Å². The Balaban J connectivity index is 2.25. The van der Waals surface area contributed by atoms with Gasteiger partial charge in [-0.1, -0.05) is 44.5 Å². The van der Waals surface area contributed by atoms with Crippen LogP contribution in [0, 0.1) is 0 Å². The molecule has 1 aliphatic carbocycles. The van der Waals surface area contributed by atoms with Crippen LogP contribution in [-0.4, -0.2) is 12.4 Å². The van der Waals surface area contributed by atoms with Crippen LogP contribution in [-0.2, 0) is 21.6 Å². The quantitative estimate of drug-likeness (QED) is 0.768. The van der Waals surface area contributed by atoms with E-state index in [1.165, 1.54) is 11.1 Å². The van der Waals surface area contributed by atoms with E-state index in [1.807, 2.05) is 0 Å². The standard InChI is InChI=1S/C18H26O2/c1-3-6-15-7-5-8-16(14-15)18(20-13-4-2)11-9-17(19)10-12-18/h5,7-8,14H,3-4,6,9-13H2,1-2H3. The minimum atomic E-state index is -0.229. The van der Waals surface area contributed by atoms with Crippen LogP contribution in [0.2, 0.25) is 0 Å². The van der Waals surface area contributed by atoms with E-state index in [2.05, 4.69) is 38.1 Å². The molecule has 2 nitrogen and oxygen atoms in total. The second-order valence-electron chi connectivity index (χ2n) is 5.83. The number of rotatable bonds is 6. The first-order valence-corrected chi connectivity index (χ1v) is 7.95. The Morgan fingerprint density at radius 3 is 2.55 bits per heavy atom. The van der Waals surface area contributed by atoms with Crippen molar-refractivity contribution in [2.24, 2.45) is 0 Å². The maximum absolute atomic E-state index is 11.6. The molecule has 110 valence electrons. The van der Waals surface area contributed by atoms with Gasteiger partial charge in [-0.2, -0.15) is 0 Å². The molecule has 0 bridgehead atoms. The summed E-state index contributed by atoms with van der Waals surface area (Å²) in [6, 6.07) is 8.78. The molecule has 1 fully saturated rings. The first kappa shape index (κ1) is 15.2. The fourth-order valence-electron chi connectivity index (χ4n) is 3.05. The number of aryl methyl sites for hydroxylation is 1. The number of carbonyl (C=O) groups is 1. The van der Waals surface area contributed by atoms with Crippen molar-refractivity contribution >= 4 is 5.78 Å². The molecule has 0 heterocycles. The molecule has 0 unspecified atom stereocenters. The summed E-state index contributed by atoms with van der Waals surface area (Å²) in [7, 11) is 0. The molecule has 0 aromatic heterocycles. The summed E-state index contributed by atoms with van der Waals surface area (Å²) >= 11 is 0. The van der Waals surface area contributed by atoms with Crippen molar-refractivity contribution in [1.29, 1.82) is 0 Å². The Kier molecular flexibility index (Phi) is 5.36. The van der Waals surface area contributed by atoms with Crippen LogP contribution in [0.15, 0.2) is 24.3 Å². The van der Waals surface area contributed by atoms with Gasteiger partial charge in [0.25, 0.3) is 0 Å². The zero-order chi connectivity index (χ0) is 14.4. The van der Waals surface area contributed by atoms with Crippen LogP contribution in [0.25, 0.3) is 0 Å². The van der Waals surface area contributed by atoms with Crippen LogP contribution < -0.4 is 0 Å². The van der Waals surface area contributed by atoms with Crippen LogP contribution in [0.4, 0.5) is 0 Å². The Morgan fingerprint density at radius 1 is 1.15 bits per heavy atom. The lowest BCUT2D eigenvalue weighted by Crippen LogP contribution is -2.35. The molecule has 0 amide bonds. The van der Waals surface area contributed by atoms with E-state index < -0.39 is 0 Å². The molecular weight excluding hydrogens is 248 g/mol. The van der Waals surface area contributed by atoms with Crippen molar-refractivity contribution in [1.82, 2.24) is 0 Å². The minimum Gasteiger partial charge on any atom is -0.370 e. The molecule has 1 aromatic rings. The molecular formula is C18H26O2. The number of ether oxygens (including phenoxy) is 1. The Bertz CT molecular complexity index is 440. The van der Waals surface area contributed by atoms with Crippen molar-refractivity contribution in [2.75, 3.05) is 6.61 Å². The van der Waals surface area contributed by atoms with Crippen LogP contribution in [0.5, 0.6) is 0 Å². The van der Waals surface area contributed by atoms with Crippen LogP contribution >= 0.6 is 0 Å². The molecule has 0 radical (unpaired) electrons. The largest absolute Gasteiger partial charge is 0.370 e. The third-order valence-electron chi connectivity index (χ3n) is 4.19. The summed E-state index contributed by atoms with van der Waals surface area (Å²) in [5, 5.41) is 0. The van der Waals surface area contributed by atoms with Crippen molar-refractivity contribution in [3.05, 3.63) is 35.4 Å². The maximum atomic E-state index is 11.6. The smallest absolute Gasteiger partial charge is 0.133 e. The van der Waals surface area contributed by atoms with Gasteiger partial charge in [0.1, 0.15) is 5.78 Å². The predicted octanol–water partition coefficient (Wildman–Crippen LogP) is 4.40. The third-order valence-corrected chi connectivity index (χ3v) is 4.19. The topological polar surface area (TPSA) is 26.3 Å². The van der Waals surface area contributed by atoms with E-state index >= 15 is 0 Å². The fourth-order valence-corrected chi connectivity index (χ4v) is 3.05. The lowest BCUT2D eigenvalue weighted by molar-refractivity contribution is -0.130. The normalized spacial score (nSPS) is 18.2. The van der Waals surface area contributed by atoms with Crippen molar-refractivity contribution in [2.45, 2.75) is 64.4 Å². The van der Waals surface area contributed by atoms with Crippen molar-refractivity contribution in [3.8, 4) is 0 Å². The van der Waals surface area contributed by atoms with E-state index in [1.54, 1.807) is 0 Å². The summed E-state index contributed by atoms with van der Waals surface area (Å²) in [6.07, 6.45) is 6.26. The SMILES string of the molecule is CCCOC1(c2cccc(CCC)c2)CCC(=O)CC1. The molecule has 0 atom stereocenters. The number of Topliss-reactive ketones (excluding diaryl/α,β-unsaturated/α-hetero) is 1. The second-order valence-corrected chi connectivity index (χ2v) is 5.83. The molecule has 1 aromatic carbocycles. The first-order chi connectivity index (χ1) is 9.70. The Morgan fingerprint density at radius 2 is 1.90 bits per heavy atom. The average Bonchev–Trinajstić information content (AvgIpc) is 2.48. The van der Waals surface area contributed by atoms with Gasteiger partial charge in [-0.25, -0.2) is 0 Å². The number of carbonyl (C=O) groups excluding carboxylic acids is 1. The fraction of sp³-hybridized carbons (Fsp3) is 0.611. The Hall–Kier alpha value is -1.15. The zero-order valence-corrected chi connectivity index (χ0v) is 12.8. The molecule has 2 heteroatoms. The molecule has 0 spiro atoms. The predicted molar refractivity (Wildman–Crippen MR) is 81.8 cm³/mol. The average molecular weight is 274 g/mol. The second kappa shape index (κ2) is 7.03. The van der Waals surface area contributed by atoms with Crippen molar-refractivity contribution < 1.29 is 9.53 Å². The van der Waals surface area contributed by atoms with E-state index in [-0.39, 0.29) is 5.60 Å². The van der Waals surface area contributed by atoms with Crippen LogP contribution in [0.1, 0.15) is 63.5 Å². The van der Waals surface area contributed by atoms with Crippen molar-refractivity contribution in [3.63, 3.8) is 0 Å². The van der Waals surface area contributed by atoms with Gasteiger partial charge in [0.2, 0.25) is 0 Å². The summed E-state index contributed by atoms with van der Waals surface area (Å²) in [4.78, 5) is 11.6. The maximum Gasteiger partial charge on any atom is 0.133 e. The lowest BCUT2D eigenvalue weighted by atomic mass is 9.78. The molecule has 20 heavy (non-hydrogen) atoms. The van der Waals surface area contributed by atoms with Gasteiger partial charge in [-0.05, 0) is 36.8 Å². The summed E-state index contributed by atoms with van der Waals surface area (Å²) in [6.45, 7) is 5.11. The van der Waals surface area contributed by atoms with Gasteiger partial charge in [0.05, 0.1) is 5.60 Å². The highest BCUT2D eigenvalue weighted by molar-refractivity contribution is 5.79. The lowest BCUT2D eigenvalue weighted by Gasteiger charge is -2.37. The molecule has 1 aliphatic rings. The summed E-state index contributed by atoms with van der Waals surface area (Å²) in [5.41, 5.74) is 2.42. The highest BCUT2D eigenvalue weighted by atomic mass is 16.5. The first-order valence-electron chi connectivity index (χ1n) is 7.95. The molecule has 0 saturated heterocycles. The number of hydrogen-bond acceptors (Lipinski definition) is 2. The van der Waals surface area contributed by atoms with E-state index in [0.29, 0.717) is 18.6 Å². The molecule has 0 aliphatic heterocycles. The van der Waals surface area contributed by atoms with Gasteiger partial charge in [0, 0.05) is 19.4 Å². The number of benzene rings is 1. The van der Waals surface area contributed by atoms with Crippen LogP contribution in [0.3, 0.4) is 0 Å².